The quantitative estimate of drug-likeness (QED) is 0.835. The van der Waals surface area contributed by atoms with Gasteiger partial charge in [-0.2, -0.15) is 0 Å². The molecule has 0 radical (unpaired) electrons. The molecule has 0 fully saturated rings. The Bertz CT molecular complexity index is 477. The topological polar surface area (TPSA) is 48.5 Å². The van der Waals surface area contributed by atoms with Crippen LogP contribution < -0.4 is 5.32 Å². The zero-order valence-electron chi connectivity index (χ0n) is 13.5. The second-order valence-electron chi connectivity index (χ2n) is 5.72. The molecule has 1 heterocycles. The van der Waals surface area contributed by atoms with Gasteiger partial charge in [-0.1, -0.05) is 13.8 Å². The lowest BCUT2D eigenvalue weighted by atomic mass is 10.1. The Kier molecular flexibility index (Phi) is 6.55. The lowest BCUT2D eigenvalue weighted by Crippen LogP contribution is -2.39. The molecule has 0 aliphatic heterocycles. The van der Waals surface area contributed by atoms with Crippen molar-refractivity contribution >= 4 is 11.7 Å². The van der Waals surface area contributed by atoms with E-state index >= 15 is 0 Å². The van der Waals surface area contributed by atoms with E-state index in [1.807, 2.05) is 32.8 Å². The molecule has 1 rings (SSSR count). The summed E-state index contributed by atoms with van der Waals surface area (Å²) in [7, 11) is 5.48. The van der Waals surface area contributed by atoms with Crippen molar-refractivity contribution < 1.29 is 9.18 Å². The van der Waals surface area contributed by atoms with E-state index in [-0.39, 0.29) is 17.3 Å². The lowest BCUT2D eigenvalue weighted by molar-refractivity contribution is 0.0720. The van der Waals surface area contributed by atoms with Crippen LogP contribution in [0.25, 0.3) is 0 Å². The Morgan fingerprint density at radius 1 is 1.38 bits per heavy atom. The largest absolute Gasteiger partial charge is 0.371 e. The molecule has 0 aliphatic rings. The number of pyridine rings is 1. The third kappa shape index (κ3) is 4.97. The third-order valence-electron chi connectivity index (χ3n) is 3.05. The molecule has 1 N–H and O–H groups in total. The van der Waals surface area contributed by atoms with Gasteiger partial charge in [-0.05, 0) is 26.1 Å². The molecule has 1 aromatic rings. The van der Waals surface area contributed by atoms with Crippen molar-refractivity contribution in [2.75, 3.05) is 46.1 Å². The predicted molar refractivity (Wildman–Crippen MR) is 83.0 cm³/mol. The lowest BCUT2D eigenvalue weighted by Gasteiger charge is -2.26. The number of nitrogens with zero attached hydrogens (tertiary/aromatic N) is 3. The Hall–Kier alpha value is -1.69. The second-order valence-corrected chi connectivity index (χ2v) is 5.72. The van der Waals surface area contributed by atoms with Crippen molar-refractivity contribution in [1.82, 2.24) is 14.8 Å². The molecule has 0 saturated carbocycles. The number of nitrogens with one attached hydrogen (secondary N) is 1. The van der Waals surface area contributed by atoms with Gasteiger partial charge in [0.05, 0.1) is 5.56 Å². The number of aromatic nitrogens is 1. The van der Waals surface area contributed by atoms with Crippen molar-refractivity contribution in [3.05, 3.63) is 23.6 Å². The summed E-state index contributed by atoms with van der Waals surface area (Å²) in [4.78, 5) is 20.2. The van der Waals surface area contributed by atoms with Crippen LogP contribution >= 0.6 is 0 Å². The minimum atomic E-state index is -0.594. The van der Waals surface area contributed by atoms with Gasteiger partial charge in [0.25, 0.3) is 5.91 Å². The summed E-state index contributed by atoms with van der Waals surface area (Å²) in [6, 6.07) is 1.43. The van der Waals surface area contributed by atoms with Crippen LogP contribution in [0.4, 0.5) is 10.2 Å². The number of anilines is 1. The van der Waals surface area contributed by atoms with Gasteiger partial charge >= 0.3 is 0 Å². The highest BCUT2D eigenvalue weighted by Crippen LogP contribution is 2.17. The molecule has 0 bridgehead atoms. The first kappa shape index (κ1) is 17.4. The normalized spacial score (nSPS) is 11.0. The van der Waals surface area contributed by atoms with E-state index in [1.165, 1.54) is 12.3 Å². The maximum Gasteiger partial charge on any atom is 0.257 e. The molecule has 118 valence electrons. The van der Waals surface area contributed by atoms with E-state index in [4.69, 9.17) is 0 Å². The SMILES string of the molecule is CNc1nccc(C(=O)N(CCN(C)C)CC(C)C)c1F. The summed E-state index contributed by atoms with van der Waals surface area (Å²) in [5.41, 5.74) is 0.0637. The molecule has 0 aliphatic carbocycles. The van der Waals surface area contributed by atoms with E-state index in [0.717, 1.165) is 6.54 Å². The predicted octanol–water partition coefficient (Wildman–Crippen LogP) is 1.92. The van der Waals surface area contributed by atoms with Crippen LogP contribution in [0.3, 0.4) is 0 Å². The minimum Gasteiger partial charge on any atom is -0.371 e. The molecule has 1 aromatic heterocycles. The first-order chi connectivity index (χ1) is 9.86. The van der Waals surface area contributed by atoms with Crippen LogP contribution in [0.5, 0.6) is 0 Å². The number of likely N-dealkylation sites (N-methyl/N-ethyl adjacent to an activating group) is 1. The Morgan fingerprint density at radius 2 is 2.05 bits per heavy atom. The van der Waals surface area contributed by atoms with E-state index in [0.29, 0.717) is 19.0 Å². The molecule has 0 aromatic carbocycles. The number of hydrogen-bond acceptors (Lipinski definition) is 4. The van der Waals surface area contributed by atoms with Crippen LogP contribution in [0.2, 0.25) is 0 Å². The third-order valence-corrected chi connectivity index (χ3v) is 3.05. The van der Waals surface area contributed by atoms with Gasteiger partial charge < -0.3 is 15.1 Å². The molecule has 1 amide bonds. The van der Waals surface area contributed by atoms with Gasteiger partial charge in [0.15, 0.2) is 11.6 Å². The van der Waals surface area contributed by atoms with E-state index in [2.05, 4.69) is 10.3 Å². The fourth-order valence-corrected chi connectivity index (χ4v) is 1.99. The van der Waals surface area contributed by atoms with Crippen LogP contribution in [-0.4, -0.2) is 61.5 Å². The molecule has 0 spiro atoms. The number of halogens is 1. The van der Waals surface area contributed by atoms with Crippen molar-refractivity contribution in [2.45, 2.75) is 13.8 Å². The number of rotatable bonds is 7. The van der Waals surface area contributed by atoms with Crippen LogP contribution in [-0.2, 0) is 0 Å². The van der Waals surface area contributed by atoms with Crippen LogP contribution in [0, 0.1) is 11.7 Å². The molecule has 5 nitrogen and oxygen atoms in total. The van der Waals surface area contributed by atoms with Gasteiger partial charge in [0.1, 0.15) is 0 Å². The zero-order valence-corrected chi connectivity index (χ0v) is 13.5. The first-order valence-electron chi connectivity index (χ1n) is 7.13. The van der Waals surface area contributed by atoms with Gasteiger partial charge in [0.2, 0.25) is 0 Å². The van der Waals surface area contributed by atoms with Crippen molar-refractivity contribution in [2.24, 2.45) is 5.92 Å². The summed E-state index contributed by atoms with van der Waals surface area (Å²) >= 11 is 0. The number of hydrogen-bond donors (Lipinski definition) is 1. The monoisotopic (exact) mass is 296 g/mol. The van der Waals surface area contributed by atoms with E-state index in [1.54, 1.807) is 11.9 Å². The summed E-state index contributed by atoms with van der Waals surface area (Å²) in [6.07, 6.45) is 1.45. The zero-order chi connectivity index (χ0) is 16.0. The maximum atomic E-state index is 14.2. The molecule has 6 heteroatoms. The number of carbonyl (C=O) groups excluding carboxylic acids is 1. The number of carbonyl (C=O) groups is 1. The number of amides is 1. The Morgan fingerprint density at radius 3 is 2.57 bits per heavy atom. The fraction of sp³-hybridized carbons (Fsp3) is 0.600. The van der Waals surface area contributed by atoms with Crippen molar-refractivity contribution in [3.63, 3.8) is 0 Å². The molecular formula is C15H25FN4O. The van der Waals surface area contributed by atoms with E-state index < -0.39 is 5.82 Å². The van der Waals surface area contributed by atoms with Crippen molar-refractivity contribution in [3.8, 4) is 0 Å². The van der Waals surface area contributed by atoms with Gasteiger partial charge in [-0.25, -0.2) is 9.37 Å². The van der Waals surface area contributed by atoms with Crippen molar-refractivity contribution in [1.29, 1.82) is 0 Å². The fourth-order valence-electron chi connectivity index (χ4n) is 1.99. The summed E-state index contributed by atoms with van der Waals surface area (Å²) < 4.78 is 14.2. The molecular weight excluding hydrogens is 271 g/mol. The highest BCUT2D eigenvalue weighted by atomic mass is 19.1. The Labute approximate surface area is 126 Å². The van der Waals surface area contributed by atoms with Gasteiger partial charge in [0, 0.05) is 32.9 Å². The second kappa shape index (κ2) is 7.93. The van der Waals surface area contributed by atoms with Gasteiger partial charge in [-0.3, -0.25) is 4.79 Å². The summed E-state index contributed by atoms with van der Waals surface area (Å²) in [6.45, 7) is 5.99. The standard InChI is InChI=1S/C15H25FN4O/c1-11(2)10-20(9-8-19(4)5)15(21)12-6-7-18-14(17-3)13(12)16/h6-7,11H,8-10H2,1-5H3,(H,17,18). The van der Waals surface area contributed by atoms with Crippen LogP contribution in [0.15, 0.2) is 12.3 Å². The average Bonchev–Trinajstić information content (AvgIpc) is 2.42. The molecule has 0 unspecified atom stereocenters. The minimum absolute atomic E-state index is 0.0637. The molecule has 0 saturated heterocycles. The van der Waals surface area contributed by atoms with E-state index in [9.17, 15) is 9.18 Å². The van der Waals surface area contributed by atoms with Gasteiger partial charge in [-0.15, -0.1) is 0 Å². The van der Waals surface area contributed by atoms with Crippen LogP contribution in [0.1, 0.15) is 24.2 Å². The average molecular weight is 296 g/mol. The summed E-state index contributed by atoms with van der Waals surface area (Å²) in [5.74, 6) is -0.465. The molecule has 0 atom stereocenters. The highest BCUT2D eigenvalue weighted by Gasteiger charge is 2.22. The smallest absolute Gasteiger partial charge is 0.257 e. The Balaban J connectivity index is 2.98. The summed E-state index contributed by atoms with van der Waals surface area (Å²) in [5, 5.41) is 2.66. The highest BCUT2D eigenvalue weighted by molar-refractivity contribution is 5.95. The first-order valence-corrected chi connectivity index (χ1v) is 7.13. The maximum absolute atomic E-state index is 14.2. The molecule has 21 heavy (non-hydrogen) atoms.